The molecule has 0 saturated carbocycles. The molecule has 0 amide bonds. The van der Waals surface area contributed by atoms with Crippen LogP contribution in [0, 0.1) is 16.7 Å². The minimum absolute atomic E-state index is 0.0143. The lowest BCUT2D eigenvalue weighted by Gasteiger charge is -2.36. The lowest BCUT2D eigenvalue weighted by Crippen LogP contribution is -2.40. The zero-order chi connectivity index (χ0) is 14.7. The Kier molecular flexibility index (Phi) is 4.94. The molecular weight excluding hydrogens is 240 g/mol. The van der Waals surface area contributed by atoms with Crippen LogP contribution in [0.2, 0.25) is 0 Å². The Bertz CT molecular complexity index is 379. The highest BCUT2D eigenvalue weighted by atomic mass is 16.5. The van der Waals surface area contributed by atoms with Crippen molar-refractivity contribution >= 4 is 11.8 Å². The van der Waals surface area contributed by atoms with Gasteiger partial charge in [-0.25, -0.2) is 0 Å². The van der Waals surface area contributed by atoms with Crippen molar-refractivity contribution in [1.29, 1.82) is 0 Å². The third-order valence-corrected chi connectivity index (χ3v) is 4.39. The second-order valence-electron chi connectivity index (χ2n) is 6.68. The summed E-state index contributed by atoms with van der Waals surface area (Å²) in [5.41, 5.74) is -0.625. The molecule has 1 atom stereocenters. The van der Waals surface area contributed by atoms with Gasteiger partial charge in [0.15, 0.2) is 12.4 Å². The molecule has 0 saturated heterocycles. The summed E-state index contributed by atoms with van der Waals surface area (Å²) in [5.74, 6) is 0.216. The van der Waals surface area contributed by atoms with Gasteiger partial charge in [0, 0.05) is 11.8 Å². The molecule has 0 N–H and O–H groups in total. The van der Waals surface area contributed by atoms with E-state index in [-0.39, 0.29) is 23.8 Å². The number of carbonyl (C=O) groups is 2. The van der Waals surface area contributed by atoms with Crippen LogP contribution in [-0.4, -0.2) is 18.4 Å². The van der Waals surface area contributed by atoms with E-state index in [1.165, 1.54) is 0 Å². The maximum absolute atomic E-state index is 12.3. The summed E-state index contributed by atoms with van der Waals surface area (Å²) >= 11 is 0. The number of hydrogen-bond donors (Lipinski definition) is 0. The van der Waals surface area contributed by atoms with Crippen molar-refractivity contribution in [2.45, 2.75) is 53.9 Å². The first-order valence-electron chi connectivity index (χ1n) is 7.05. The minimum atomic E-state index is -0.453. The molecule has 19 heavy (non-hydrogen) atoms. The number of ether oxygens (including phenoxy) is 1. The predicted molar refractivity (Wildman–Crippen MR) is 75.7 cm³/mol. The molecule has 1 rings (SSSR count). The summed E-state index contributed by atoms with van der Waals surface area (Å²) in [7, 11) is 0. The SMILES string of the molecule is CC(C)CCC(=O)OCC(=O)[C@]1(C)CC=CC1(C)C. The molecule has 0 aromatic rings. The molecule has 0 fully saturated rings. The van der Waals surface area contributed by atoms with E-state index in [2.05, 4.69) is 33.8 Å². The van der Waals surface area contributed by atoms with Crippen molar-refractivity contribution in [2.24, 2.45) is 16.7 Å². The van der Waals surface area contributed by atoms with E-state index in [9.17, 15) is 9.59 Å². The first-order valence-corrected chi connectivity index (χ1v) is 7.05. The van der Waals surface area contributed by atoms with Gasteiger partial charge in [0.2, 0.25) is 0 Å². The minimum Gasteiger partial charge on any atom is -0.458 e. The van der Waals surface area contributed by atoms with Gasteiger partial charge in [0.05, 0.1) is 0 Å². The van der Waals surface area contributed by atoms with Crippen molar-refractivity contribution in [3.63, 3.8) is 0 Å². The monoisotopic (exact) mass is 266 g/mol. The Balaban J connectivity index is 2.46. The zero-order valence-electron chi connectivity index (χ0n) is 12.8. The highest BCUT2D eigenvalue weighted by molar-refractivity contribution is 5.89. The Morgan fingerprint density at radius 2 is 1.89 bits per heavy atom. The number of rotatable bonds is 6. The number of Topliss-reactive ketones (excluding diaryl/α,β-unsaturated/α-hetero) is 1. The molecule has 0 unspecified atom stereocenters. The average Bonchev–Trinajstić information content (AvgIpc) is 2.59. The van der Waals surface area contributed by atoms with Crippen LogP contribution in [0.15, 0.2) is 12.2 Å². The van der Waals surface area contributed by atoms with Gasteiger partial charge >= 0.3 is 5.97 Å². The maximum atomic E-state index is 12.3. The Morgan fingerprint density at radius 3 is 2.37 bits per heavy atom. The summed E-state index contributed by atoms with van der Waals surface area (Å²) in [6.45, 7) is 10.1. The molecule has 0 radical (unpaired) electrons. The molecule has 108 valence electrons. The van der Waals surface area contributed by atoms with Crippen LogP contribution in [-0.2, 0) is 14.3 Å². The van der Waals surface area contributed by atoms with Crippen molar-refractivity contribution in [3.8, 4) is 0 Å². The van der Waals surface area contributed by atoms with Gasteiger partial charge in [0.25, 0.3) is 0 Å². The fraction of sp³-hybridized carbons (Fsp3) is 0.750. The number of carbonyl (C=O) groups excluding carboxylic acids is 2. The van der Waals surface area contributed by atoms with Gasteiger partial charge in [-0.05, 0) is 24.2 Å². The lowest BCUT2D eigenvalue weighted by atomic mass is 9.66. The standard InChI is InChI=1S/C16H26O3/c1-12(2)7-8-14(18)19-11-13(17)16(5)10-6-9-15(16,3)4/h6,9,12H,7-8,10-11H2,1-5H3/t16-/m0/s1. The predicted octanol–water partition coefficient (Wildman–Crippen LogP) is 3.53. The van der Waals surface area contributed by atoms with Crippen LogP contribution in [0.3, 0.4) is 0 Å². The largest absolute Gasteiger partial charge is 0.458 e. The normalized spacial score (nSPS) is 24.7. The van der Waals surface area contributed by atoms with Crippen molar-refractivity contribution in [2.75, 3.05) is 6.61 Å². The number of allylic oxidation sites excluding steroid dienone is 2. The van der Waals surface area contributed by atoms with Crippen LogP contribution < -0.4 is 0 Å². The molecule has 0 aromatic carbocycles. The maximum Gasteiger partial charge on any atom is 0.306 e. The molecule has 3 nitrogen and oxygen atoms in total. The second kappa shape index (κ2) is 5.89. The molecule has 0 aliphatic heterocycles. The van der Waals surface area contributed by atoms with Gasteiger partial charge in [-0.3, -0.25) is 9.59 Å². The van der Waals surface area contributed by atoms with Gasteiger partial charge < -0.3 is 4.74 Å². The van der Waals surface area contributed by atoms with E-state index in [0.717, 1.165) is 12.8 Å². The first-order chi connectivity index (χ1) is 8.69. The first kappa shape index (κ1) is 15.9. The highest BCUT2D eigenvalue weighted by Crippen LogP contribution is 2.48. The van der Waals surface area contributed by atoms with Crippen molar-refractivity contribution < 1.29 is 14.3 Å². The molecule has 0 spiro atoms. The van der Waals surface area contributed by atoms with Crippen LogP contribution in [0.5, 0.6) is 0 Å². The van der Waals surface area contributed by atoms with Crippen molar-refractivity contribution in [1.82, 2.24) is 0 Å². The van der Waals surface area contributed by atoms with E-state index in [4.69, 9.17) is 4.74 Å². The fourth-order valence-corrected chi connectivity index (χ4v) is 2.29. The highest BCUT2D eigenvalue weighted by Gasteiger charge is 2.47. The summed E-state index contributed by atoms with van der Waals surface area (Å²) in [4.78, 5) is 23.9. The van der Waals surface area contributed by atoms with Crippen molar-refractivity contribution in [3.05, 3.63) is 12.2 Å². The molecular formula is C16H26O3. The second-order valence-corrected chi connectivity index (χ2v) is 6.68. The van der Waals surface area contributed by atoms with Crippen LogP contribution in [0.1, 0.15) is 53.9 Å². The number of esters is 1. The van der Waals surface area contributed by atoms with E-state index in [1.807, 2.05) is 13.0 Å². The Labute approximate surface area is 116 Å². The van der Waals surface area contributed by atoms with E-state index >= 15 is 0 Å². The molecule has 1 aliphatic rings. The Hall–Kier alpha value is -1.12. The fourth-order valence-electron chi connectivity index (χ4n) is 2.29. The van der Waals surface area contributed by atoms with Gasteiger partial charge in [-0.15, -0.1) is 0 Å². The number of hydrogen-bond acceptors (Lipinski definition) is 3. The topological polar surface area (TPSA) is 43.4 Å². The summed E-state index contributed by atoms with van der Waals surface area (Å²) in [6, 6.07) is 0. The van der Waals surface area contributed by atoms with Gasteiger partial charge in [-0.1, -0.05) is 46.8 Å². The molecule has 0 aromatic heterocycles. The smallest absolute Gasteiger partial charge is 0.306 e. The summed E-state index contributed by atoms with van der Waals surface area (Å²) in [6.07, 6.45) is 6.03. The van der Waals surface area contributed by atoms with E-state index < -0.39 is 5.41 Å². The summed E-state index contributed by atoms with van der Waals surface area (Å²) in [5, 5.41) is 0. The number of ketones is 1. The lowest BCUT2D eigenvalue weighted by molar-refractivity contribution is -0.152. The zero-order valence-corrected chi connectivity index (χ0v) is 12.8. The summed E-state index contributed by atoms with van der Waals surface area (Å²) < 4.78 is 5.11. The van der Waals surface area contributed by atoms with Crippen LogP contribution >= 0.6 is 0 Å². The molecule has 1 aliphatic carbocycles. The van der Waals surface area contributed by atoms with Crippen LogP contribution in [0.4, 0.5) is 0 Å². The van der Waals surface area contributed by atoms with Gasteiger partial charge in [0.1, 0.15) is 0 Å². The van der Waals surface area contributed by atoms with E-state index in [0.29, 0.717) is 12.3 Å². The third kappa shape index (κ3) is 3.68. The Morgan fingerprint density at radius 1 is 1.26 bits per heavy atom. The van der Waals surface area contributed by atoms with E-state index in [1.54, 1.807) is 0 Å². The van der Waals surface area contributed by atoms with Gasteiger partial charge in [-0.2, -0.15) is 0 Å². The third-order valence-electron chi connectivity index (χ3n) is 4.39. The quantitative estimate of drug-likeness (QED) is 0.545. The molecule has 0 bridgehead atoms. The average molecular weight is 266 g/mol. The molecule has 0 heterocycles. The molecule has 3 heteroatoms. The van der Waals surface area contributed by atoms with Crippen LogP contribution in [0.25, 0.3) is 0 Å².